The lowest BCUT2D eigenvalue weighted by atomic mass is 10.1. The number of hydrogen-bond donors (Lipinski definition) is 1. The molecule has 0 bridgehead atoms. The molecule has 0 aliphatic heterocycles. The Bertz CT molecular complexity index is 320. The summed E-state index contributed by atoms with van der Waals surface area (Å²) in [5.74, 6) is -1.17. The van der Waals surface area contributed by atoms with Crippen LogP contribution in [-0.2, 0) is 0 Å². The number of pyridine rings is 1. The third-order valence-corrected chi connectivity index (χ3v) is 1.46. The predicted octanol–water partition coefficient (Wildman–Crippen LogP) is 2.38. The fraction of sp³-hybridized carbons (Fsp3) is 0.111. The molecule has 13 heavy (non-hydrogen) atoms. The van der Waals surface area contributed by atoms with Crippen molar-refractivity contribution < 1.29 is 8.78 Å². The van der Waals surface area contributed by atoms with E-state index in [4.69, 9.17) is 5.41 Å². The van der Waals surface area contributed by atoms with E-state index in [0.717, 1.165) is 6.08 Å². The van der Waals surface area contributed by atoms with Gasteiger partial charge in [-0.05, 0) is 18.2 Å². The van der Waals surface area contributed by atoms with Gasteiger partial charge in [0.15, 0.2) is 0 Å². The summed E-state index contributed by atoms with van der Waals surface area (Å²) < 4.78 is 24.5. The summed E-state index contributed by atoms with van der Waals surface area (Å²) in [6, 6.07) is 4.84. The van der Waals surface area contributed by atoms with Crippen molar-refractivity contribution in [1.29, 1.82) is 5.41 Å². The first-order valence-corrected chi connectivity index (χ1v) is 3.67. The molecule has 0 fully saturated rings. The fourth-order valence-electron chi connectivity index (χ4n) is 0.906. The van der Waals surface area contributed by atoms with Crippen LogP contribution in [0, 0.1) is 5.41 Å². The Kier molecular flexibility index (Phi) is 3.25. The van der Waals surface area contributed by atoms with Gasteiger partial charge in [-0.25, -0.2) is 4.39 Å². The van der Waals surface area contributed by atoms with Gasteiger partial charge in [-0.15, -0.1) is 0 Å². The van der Waals surface area contributed by atoms with Crippen LogP contribution in [0.4, 0.5) is 8.78 Å². The van der Waals surface area contributed by atoms with Gasteiger partial charge < -0.3 is 0 Å². The first-order valence-electron chi connectivity index (χ1n) is 3.67. The van der Waals surface area contributed by atoms with Gasteiger partial charge in [-0.3, -0.25) is 10.4 Å². The minimum Gasteiger partial charge on any atom is -0.274 e. The summed E-state index contributed by atoms with van der Waals surface area (Å²) >= 11 is 0. The van der Waals surface area contributed by atoms with Gasteiger partial charge in [0.25, 0.3) is 0 Å². The number of allylic oxidation sites excluding steroid dienone is 2. The minimum atomic E-state index is -1.17. The van der Waals surface area contributed by atoms with Crippen LogP contribution in [0.25, 0.3) is 5.57 Å². The molecule has 0 spiro atoms. The lowest BCUT2D eigenvalue weighted by Crippen LogP contribution is -1.96. The summed E-state index contributed by atoms with van der Waals surface area (Å²) in [4.78, 5) is 3.80. The number of aromatic nitrogens is 1. The molecule has 0 aromatic carbocycles. The average molecular weight is 182 g/mol. The number of nitrogens with zero attached hydrogens (tertiary/aromatic N) is 1. The summed E-state index contributed by atoms with van der Waals surface area (Å²) in [6.45, 7) is -0.807. The van der Waals surface area contributed by atoms with Crippen molar-refractivity contribution in [1.82, 2.24) is 4.98 Å². The first-order chi connectivity index (χ1) is 6.25. The normalized spacial score (nSPS) is 11.4. The SMILES string of the molecule is N=C(F)C(=CCF)c1ccccn1. The van der Waals surface area contributed by atoms with Crippen LogP contribution in [0.2, 0.25) is 0 Å². The maximum absolute atomic E-state index is 12.5. The van der Waals surface area contributed by atoms with Gasteiger partial charge in [0, 0.05) is 6.20 Å². The van der Waals surface area contributed by atoms with E-state index < -0.39 is 12.6 Å². The van der Waals surface area contributed by atoms with Crippen LogP contribution < -0.4 is 0 Å². The zero-order valence-electron chi connectivity index (χ0n) is 6.80. The summed E-state index contributed by atoms with van der Waals surface area (Å²) in [5, 5.41) is 6.75. The summed E-state index contributed by atoms with van der Waals surface area (Å²) in [6.07, 6.45) is 2.45. The van der Waals surface area contributed by atoms with Crippen molar-refractivity contribution in [2.75, 3.05) is 6.67 Å². The zero-order chi connectivity index (χ0) is 9.68. The number of alkyl halides is 1. The van der Waals surface area contributed by atoms with Crippen LogP contribution >= 0.6 is 0 Å². The lowest BCUT2D eigenvalue weighted by Gasteiger charge is -2.00. The Morgan fingerprint density at radius 3 is 2.77 bits per heavy atom. The number of halogens is 2. The summed E-state index contributed by atoms with van der Waals surface area (Å²) in [7, 11) is 0. The molecule has 68 valence electrons. The van der Waals surface area contributed by atoms with Crippen molar-refractivity contribution in [3.8, 4) is 0 Å². The first kappa shape index (κ1) is 9.51. The molecular formula is C9H8F2N2. The number of nitrogens with one attached hydrogen (secondary N) is 1. The Hall–Kier alpha value is -1.58. The molecular weight excluding hydrogens is 174 g/mol. The maximum Gasteiger partial charge on any atom is 0.214 e. The molecule has 0 amide bonds. The van der Waals surface area contributed by atoms with Crippen LogP contribution in [0.5, 0.6) is 0 Å². The molecule has 1 N–H and O–H groups in total. The van der Waals surface area contributed by atoms with Crippen molar-refractivity contribution in [3.63, 3.8) is 0 Å². The molecule has 2 nitrogen and oxygen atoms in total. The number of rotatable bonds is 3. The minimum absolute atomic E-state index is 0.108. The van der Waals surface area contributed by atoms with E-state index in [9.17, 15) is 8.78 Å². The Labute approximate surface area is 74.4 Å². The molecule has 0 radical (unpaired) electrons. The molecule has 1 aromatic heterocycles. The van der Waals surface area contributed by atoms with Gasteiger partial charge in [0.2, 0.25) is 5.97 Å². The van der Waals surface area contributed by atoms with Crippen LogP contribution in [-0.4, -0.2) is 17.6 Å². The smallest absolute Gasteiger partial charge is 0.214 e. The maximum atomic E-state index is 12.5. The molecule has 1 heterocycles. The highest BCUT2D eigenvalue weighted by Crippen LogP contribution is 2.12. The predicted molar refractivity (Wildman–Crippen MR) is 47.0 cm³/mol. The van der Waals surface area contributed by atoms with E-state index in [2.05, 4.69) is 4.98 Å². The van der Waals surface area contributed by atoms with Crippen LogP contribution in [0.1, 0.15) is 5.69 Å². The molecule has 0 aliphatic rings. The van der Waals surface area contributed by atoms with Crippen molar-refractivity contribution in [2.24, 2.45) is 0 Å². The number of hydrogen-bond acceptors (Lipinski definition) is 2. The second kappa shape index (κ2) is 4.45. The molecule has 0 atom stereocenters. The van der Waals surface area contributed by atoms with Gasteiger partial charge in [0.05, 0.1) is 11.3 Å². The molecule has 0 saturated heterocycles. The molecule has 4 heteroatoms. The third-order valence-electron chi connectivity index (χ3n) is 1.46. The van der Waals surface area contributed by atoms with Crippen molar-refractivity contribution in [2.45, 2.75) is 0 Å². The fourth-order valence-corrected chi connectivity index (χ4v) is 0.906. The van der Waals surface area contributed by atoms with Crippen molar-refractivity contribution >= 4 is 11.5 Å². The third kappa shape index (κ3) is 2.43. The van der Waals surface area contributed by atoms with Crippen LogP contribution in [0.15, 0.2) is 30.5 Å². The molecule has 1 aromatic rings. The largest absolute Gasteiger partial charge is 0.274 e. The van der Waals surface area contributed by atoms with Gasteiger partial charge in [-0.1, -0.05) is 6.07 Å². The van der Waals surface area contributed by atoms with E-state index in [1.807, 2.05) is 0 Å². The molecule has 0 saturated carbocycles. The average Bonchev–Trinajstić information content (AvgIpc) is 2.15. The van der Waals surface area contributed by atoms with Gasteiger partial charge in [-0.2, -0.15) is 4.39 Å². The molecule has 0 unspecified atom stereocenters. The topological polar surface area (TPSA) is 36.7 Å². The highest BCUT2D eigenvalue weighted by Gasteiger charge is 2.07. The van der Waals surface area contributed by atoms with Crippen LogP contribution in [0.3, 0.4) is 0 Å². The second-order valence-corrected chi connectivity index (χ2v) is 2.30. The van der Waals surface area contributed by atoms with E-state index in [1.165, 1.54) is 12.3 Å². The highest BCUT2D eigenvalue weighted by atomic mass is 19.1. The zero-order valence-corrected chi connectivity index (χ0v) is 6.80. The Balaban J connectivity index is 3.03. The Morgan fingerprint density at radius 2 is 2.31 bits per heavy atom. The van der Waals surface area contributed by atoms with Gasteiger partial charge >= 0.3 is 0 Å². The van der Waals surface area contributed by atoms with Crippen molar-refractivity contribution in [3.05, 3.63) is 36.2 Å². The van der Waals surface area contributed by atoms with E-state index >= 15 is 0 Å². The monoisotopic (exact) mass is 182 g/mol. The lowest BCUT2D eigenvalue weighted by molar-refractivity contribution is 0.562. The van der Waals surface area contributed by atoms with Gasteiger partial charge in [0.1, 0.15) is 6.67 Å². The molecule has 1 rings (SSSR count). The second-order valence-electron chi connectivity index (χ2n) is 2.30. The quantitative estimate of drug-likeness (QED) is 0.716. The van der Waals surface area contributed by atoms with E-state index in [0.29, 0.717) is 0 Å². The summed E-state index contributed by atoms with van der Waals surface area (Å²) in [5.41, 5.74) is 0.163. The van der Waals surface area contributed by atoms with E-state index in [1.54, 1.807) is 12.1 Å². The molecule has 0 aliphatic carbocycles. The highest BCUT2D eigenvalue weighted by molar-refractivity contribution is 6.16. The van der Waals surface area contributed by atoms with E-state index in [-0.39, 0.29) is 11.3 Å². The standard InChI is InChI=1S/C9H8F2N2/c10-5-4-7(9(11)12)8-3-1-2-6-13-8/h1-4,6,12H,5H2. The Morgan fingerprint density at radius 1 is 1.54 bits per heavy atom.